The quantitative estimate of drug-likeness (QED) is 0.622. The minimum absolute atomic E-state index is 0.0757. The van der Waals surface area contributed by atoms with Crippen molar-refractivity contribution in [3.63, 3.8) is 0 Å². The Balaban J connectivity index is 2.52. The second kappa shape index (κ2) is 6.97. The number of halogens is 4. The monoisotopic (exact) mass is 363 g/mol. The van der Waals surface area contributed by atoms with E-state index in [1.165, 1.54) is 12.3 Å². The van der Waals surface area contributed by atoms with Gasteiger partial charge in [0.25, 0.3) is 15.0 Å². The highest BCUT2D eigenvalue weighted by Crippen LogP contribution is 2.29. The minimum Gasteiger partial charge on any atom is -0.352 e. The molecule has 1 aromatic heterocycles. The van der Waals surface area contributed by atoms with Crippen molar-refractivity contribution in [2.24, 2.45) is 0 Å². The van der Waals surface area contributed by atoms with E-state index in [0.29, 0.717) is 0 Å². The highest BCUT2D eigenvalue weighted by molar-refractivity contribution is 8.15. The number of alkyl halides is 3. The van der Waals surface area contributed by atoms with E-state index in [4.69, 9.17) is 10.7 Å². The molecule has 0 bridgehead atoms. The second-order valence-electron chi connectivity index (χ2n) is 4.33. The number of hydrogen-bond acceptors (Lipinski definition) is 4. The van der Waals surface area contributed by atoms with Gasteiger partial charge in [0, 0.05) is 29.0 Å². The first kappa shape index (κ1) is 18.2. The topological polar surface area (TPSA) is 63.2 Å². The summed E-state index contributed by atoms with van der Waals surface area (Å²) in [6, 6.07) is 0. The molecule has 1 heterocycles. The summed E-state index contributed by atoms with van der Waals surface area (Å²) in [7, 11) is 1.31. The Hall–Kier alpha value is -0.800. The van der Waals surface area contributed by atoms with Crippen LogP contribution in [-0.2, 0) is 9.05 Å². The molecule has 0 saturated carbocycles. The third-order valence-electron chi connectivity index (χ3n) is 2.63. The first-order valence-electron chi connectivity index (χ1n) is 5.90. The van der Waals surface area contributed by atoms with Crippen molar-refractivity contribution in [3.05, 3.63) is 16.5 Å². The highest BCUT2D eigenvalue weighted by Gasteiger charge is 2.26. The van der Waals surface area contributed by atoms with Crippen molar-refractivity contribution in [3.8, 4) is 0 Å². The Morgan fingerprint density at radius 2 is 2.00 bits per heavy atom. The van der Waals surface area contributed by atoms with Crippen LogP contribution in [0.15, 0.2) is 9.59 Å². The molecule has 10 heteroatoms. The van der Waals surface area contributed by atoms with Crippen LogP contribution in [0.4, 0.5) is 13.2 Å². The summed E-state index contributed by atoms with van der Waals surface area (Å²) in [5.41, 5.74) is 0.401. The molecule has 4 nitrogen and oxygen atoms in total. The average molecular weight is 364 g/mol. The lowest BCUT2D eigenvalue weighted by Gasteiger charge is -2.07. The highest BCUT2D eigenvalue weighted by atomic mass is 35.7. The Morgan fingerprint density at radius 1 is 1.38 bits per heavy atom. The van der Waals surface area contributed by atoms with Crippen LogP contribution in [-0.4, -0.2) is 27.0 Å². The minimum atomic E-state index is -4.20. The zero-order valence-electron chi connectivity index (χ0n) is 11.0. The zero-order chi connectivity index (χ0) is 16.3. The fourth-order valence-electron chi connectivity index (χ4n) is 1.61. The van der Waals surface area contributed by atoms with Gasteiger partial charge in [-0.3, -0.25) is 4.79 Å². The van der Waals surface area contributed by atoms with Crippen LogP contribution in [0.2, 0.25) is 0 Å². The summed E-state index contributed by atoms with van der Waals surface area (Å²) in [6.07, 6.45) is -4.98. The molecular weight excluding hydrogens is 351 g/mol. The Morgan fingerprint density at radius 3 is 2.48 bits per heavy atom. The number of thiophene rings is 1. The van der Waals surface area contributed by atoms with Gasteiger partial charge in [-0.2, -0.15) is 13.2 Å². The molecule has 1 aromatic rings. The molecule has 0 spiro atoms. The Labute approximate surface area is 128 Å². The number of nitrogens with one attached hydrogen (secondary N) is 1. The van der Waals surface area contributed by atoms with Gasteiger partial charge in [-0.1, -0.05) is 0 Å². The average Bonchev–Trinajstić information content (AvgIpc) is 2.68. The lowest BCUT2D eigenvalue weighted by Crippen LogP contribution is -2.25. The molecule has 0 aliphatic carbocycles. The van der Waals surface area contributed by atoms with E-state index in [2.05, 4.69) is 5.32 Å². The van der Waals surface area contributed by atoms with Gasteiger partial charge in [-0.15, -0.1) is 11.3 Å². The summed E-state index contributed by atoms with van der Waals surface area (Å²) in [6.45, 7) is 1.54. The second-order valence-corrected chi connectivity index (χ2v) is 7.97. The van der Waals surface area contributed by atoms with E-state index in [0.717, 1.165) is 11.3 Å². The summed E-state index contributed by atoms with van der Waals surface area (Å²) in [5, 5.41) is 3.81. The third-order valence-corrected chi connectivity index (χ3v) is 5.94. The summed E-state index contributed by atoms with van der Waals surface area (Å²) in [5.74, 6) is -0.526. The fourth-order valence-corrected chi connectivity index (χ4v) is 4.16. The maximum absolute atomic E-state index is 11.9. The molecule has 1 amide bonds. The van der Waals surface area contributed by atoms with Crippen molar-refractivity contribution < 1.29 is 26.4 Å². The van der Waals surface area contributed by atoms with Crippen LogP contribution in [0.5, 0.6) is 0 Å². The molecule has 0 atom stereocenters. The summed E-state index contributed by atoms with van der Waals surface area (Å²) in [4.78, 5) is 11.8. The van der Waals surface area contributed by atoms with Gasteiger partial charge in [0.1, 0.15) is 4.21 Å². The molecule has 0 radical (unpaired) electrons. The van der Waals surface area contributed by atoms with E-state index >= 15 is 0 Å². The third kappa shape index (κ3) is 5.84. The largest absolute Gasteiger partial charge is 0.389 e. The summed E-state index contributed by atoms with van der Waals surface area (Å²) < 4.78 is 58.1. The molecule has 0 saturated heterocycles. The molecule has 0 unspecified atom stereocenters. The van der Waals surface area contributed by atoms with E-state index in [9.17, 15) is 26.4 Å². The van der Waals surface area contributed by atoms with E-state index in [1.54, 1.807) is 0 Å². The summed E-state index contributed by atoms with van der Waals surface area (Å²) >= 11 is 0.829. The number of amides is 1. The molecule has 0 fully saturated rings. The number of carbonyl (C=O) groups excluding carboxylic acids is 1. The normalized spacial score (nSPS) is 12.4. The van der Waals surface area contributed by atoms with Crippen LogP contribution >= 0.6 is 22.0 Å². The molecule has 0 aromatic carbocycles. The van der Waals surface area contributed by atoms with Crippen molar-refractivity contribution >= 4 is 37.0 Å². The molecule has 1 N–H and O–H groups in total. The number of unbranched alkanes of at least 4 members (excludes halogenated alkanes) is 1. The van der Waals surface area contributed by atoms with Crippen LogP contribution in [0, 0.1) is 6.92 Å². The lowest BCUT2D eigenvalue weighted by atomic mass is 10.2. The van der Waals surface area contributed by atoms with Gasteiger partial charge in [-0.25, -0.2) is 8.42 Å². The smallest absolute Gasteiger partial charge is 0.352 e. The van der Waals surface area contributed by atoms with Gasteiger partial charge in [0.2, 0.25) is 0 Å². The van der Waals surface area contributed by atoms with Crippen molar-refractivity contribution in [1.29, 1.82) is 0 Å². The van der Waals surface area contributed by atoms with Crippen LogP contribution in [0.25, 0.3) is 0 Å². The predicted molar refractivity (Wildman–Crippen MR) is 74.3 cm³/mol. The molecule has 0 aliphatic heterocycles. The van der Waals surface area contributed by atoms with Gasteiger partial charge < -0.3 is 5.32 Å². The Kier molecular flexibility index (Phi) is 6.06. The predicted octanol–water partition coefficient (Wildman–Crippen LogP) is 3.45. The van der Waals surface area contributed by atoms with Gasteiger partial charge in [0.05, 0.1) is 5.56 Å². The maximum atomic E-state index is 11.9. The van der Waals surface area contributed by atoms with E-state index < -0.39 is 27.6 Å². The number of carbonyl (C=O) groups is 1. The number of hydrogen-bond donors (Lipinski definition) is 1. The first-order valence-corrected chi connectivity index (χ1v) is 9.09. The van der Waals surface area contributed by atoms with E-state index in [-0.39, 0.29) is 34.7 Å². The SMILES string of the molecule is Cc1c(C(=O)NCCCCC(F)(F)F)csc1S(=O)(=O)Cl. The first-order chi connectivity index (χ1) is 9.52. The van der Waals surface area contributed by atoms with Gasteiger partial charge in [0.15, 0.2) is 0 Å². The van der Waals surface area contributed by atoms with Crippen LogP contribution in [0.1, 0.15) is 35.2 Å². The van der Waals surface area contributed by atoms with Crippen LogP contribution in [0.3, 0.4) is 0 Å². The lowest BCUT2D eigenvalue weighted by molar-refractivity contribution is -0.135. The van der Waals surface area contributed by atoms with Crippen molar-refractivity contribution in [2.45, 2.75) is 36.6 Å². The van der Waals surface area contributed by atoms with Gasteiger partial charge in [-0.05, 0) is 25.3 Å². The Bertz CT molecular complexity index is 611. The zero-order valence-corrected chi connectivity index (χ0v) is 13.3. The molecule has 1 rings (SSSR count). The van der Waals surface area contributed by atoms with E-state index in [1.807, 2.05) is 0 Å². The molecular formula is C11H13ClF3NO3S2. The van der Waals surface area contributed by atoms with Crippen molar-refractivity contribution in [1.82, 2.24) is 5.32 Å². The maximum Gasteiger partial charge on any atom is 0.389 e. The van der Waals surface area contributed by atoms with Gasteiger partial charge >= 0.3 is 6.18 Å². The molecule has 120 valence electrons. The van der Waals surface area contributed by atoms with Crippen LogP contribution < -0.4 is 5.32 Å². The molecule has 21 heavy (non-hydrogen) atoms. The van der Waals surface area contributed by atoms with Crippen molar-refractivity contribution in [2.75, 3.05) is 6.54 Å². The fraction of sp³-hybridized carbons (Fsp3) is 0.545. The standard InChI is InChI=1S/C11H13ClF3NO3S2/c1-7-8(6-20-10(7)21(12,18)19)9(17)16-5-3-2-4-11(13,14)15/h6H,2-5H2,1H3,(H,16,17). The molecule has 0 aliphatic rings. The number of rotatable bonds is 6.